The molecular formula is C16H16N2O3S. The first-order chi connectivity index (χ1) is 10.6. The van der Waals surface area contributed by atoms with Crippen LogP contribution in [0.25, 0.3) is 10.4 Å². The lowest BCUT2D eigenvalue weighted by Crippen LogP contribution is -2.38. The normalized spacial score (nSPS) is 17.5. The highest BCUT2D eigenvalue weighted by Crippen LogP contribution is 2.26. The number of carbonyl (C=O) groups is 2. The Bertz CT molecular complexity index is 684. The van der Waals surface area contributed by atoms with Crippen LogP contribution in [0, 0.1) is 0 Å². The molecule has 0 radical (unpaired) electrons. The Morgan fingerprint density at radius 3 is 2.82 bits per heavy atom. The minimum absolute atomic E-state index is 0.224. The number of aliphatic hydroxyl groups excluding tert-OH is 1. The second kappa shape index (κ2) is 6.29. The number of hydrogen-bond acceptors (Lipinski definition) is 4. The van der Waals surface area contributed by atoms with E-state index >= 15 is 0 Å². The summed E-state index contributed by atoms with van der Waals surface area (Å²) >= 11 is 1.61. The van der Waals surface area contributed by atoms with Gasteiger partial charge in [0.15, 0.2) is 0 Å². The molecule has 0 aliphatic carbocycles. The number of β-amino-alcohol motifs (C(OH)–C–C–N with tert-alkyl or cyclic N) is 1. The molecule has 2 heterocycles. The van der Waals surface area contributed by atoms with Gasteiger partial charge in [0.2, 0.25) is 0 Å². The Hall–Kier alpha value is -2.18. The number of likely N-dealkylation sites (tertiary alicyclic amines) is 1. The molecule has 1 fully saturated rings. The van der Waals surface area contributed by atoms with E-state index in [1.54, 1.807) is 17.4 Å². The Kier molecular flexibility index (Phi) is 4.22. The van der Waals surface area contributed by atoms with Gasteiger partial charge in [-0.25, -0.2) is 0 Å². The molecule has 1 atom stereocenters. The second-order valence-corrected chi connectivity index (χ2v) is 6.15. The van der Waals surface area contributed by atoms with Gasteiger partial charge >= 0.3 is 11.8 Å². The van der Waals surface area contributed by atoms with Crippen molar-refractivity contribution in [3.8, 4) is 10.4 Å². The van der Waals surface area contributed by atoms with E-state index in [4.69, 9.17) is 0 Å². The lowest BCUT2D eigenvalue weighted by atomic mass is 10.1. The van der Waals surface area contributed by atoms with Crippen LogP contribution in [0.5, 0.6) is 0 Å². The summed E-state index contributed by atoms with van der Waals surface area (Å²) in [5, 5.41) is 14.1. The fraction of sp³-hybridized carbons (Fsp3) is 0.250. The lowest BCUT2D eigenvalue weighted by molar-refractivity contribution is -0.142. The van der Waals surface area contributed by atoms with E-state index in [2.05, 4.69) is 5.32 Å². The third-order valence-electron chi connectivity index (χ3n) is 3.57. The number of amides is 2. The van der Waals surface area contributed by atoms with E-state index < -0.39 is 17.9 Å². The lowest BCUT2D eigenvalue weighted by Gasteiger charge is -2.15. The zero-order valence-corrected chi connectivity index (χ0v) is 12.7. The maximum absolute atomic E-state index is 12.0. The summed E-state index contributed by atoms with van der Waals surface area (Å²) < 4.78 is 0. The molecule has 1 aromatic heterocycles. The van der Waals surface area contributed by atoms with Crippen LogP contribution < -0.4 is 5.32 Å². The monoisotopic (exact) mass is 316 g/mol. The molecule has 1 aliphatic heterocycles. The fourth-order valence-electron chi connectivity index (χ4n) is 2.45. The highest BCUT2D eigenvalue weighted by molar-refractivity contribution is 7.13. The van der Waals surface area contributed by atoms with Crippen molar-refractivity contribution in [1.82, 2.24) is 4.90 Å². The first-order valence-corrected chi connectivity index (χ1v) is 7.94. The van der Waals surface area contributed by atoms with Gasteiger partial charge < -0.3 is 15.3 Å². The Labute approximate surface area is 132 Å². The van der Waals surface area contributed by atoms with E-state index in [-0.39, 0.29) is 6.54 Å². The molecule has 6 heteroatoms. The average Bonchev–Trinajstić information content (AvgIpc) is 3.18. The van der Waals surface area contributed by atoms with Crippen LogP contribution in [-0.4, -0.2) is 41.0 Å². The molecule has 2 aromatic rings. The number of nitrogens with one attached hydrogen (secondary N) is 1. The van der Waals surface area contributed by atoms with Gasteiger partial charge in [0.05, 0.1) is 6.10 Å². The molecule has 2 N–H and O–H groups in total. The van der Waals surface area contributed by atoms with Gasteiger partial charge in [-0.2, -0.15) is 0 Å². The fourth-order valence-corrected chi connectivity index (χ4v) is 3.17. The summed E-state index contributed by atoms with van der Waals surface area (Å²) in [5.74, 6) is -1.27. The highest BCUT2D eigenvalue weighted by Gasteiger charge is 2.28. The summed E-state index contributed by atoms with van der Waals surface area (Å²) in [4.78, 5) is 26.5. The van der Waals surface area contributed by atoms with Crippen LogP contribution in [0.1, 0.15) is 6.42 Å². The van der Waals surface area contributed by atoms with Gasteiger partial charge in [-0.15, -0.1) is 11.3 Å². The number of anilines is 1. The average molecular weight is 316 g/mol. The molecule has 2 amide bonds. The number of carbonyl (C=O) groups excluding carboxylic acids is 2. The molecule has 0 spiro atoms. The van der Waals surface area contributed by atoms with Crippen molar-refractivity contribution in [2.45, 2.75) is 12.5 Å². The summed E-state index contributed by atoms with van der Waals surface area (Å²) in [6.45, 7) is 0.643. The summed E-state index contributed by atoms with van der Waals surface area (Å²) in [6.07, 6.45) is -0.00807. The molecule has 1 aliphatic rings. The van der Waals surface area contributed by atoms with Gasteiger partial charge in [-0.1, -0.05) is 18.2 Å². The summed E-state index contributed by atoms with van der Waals surface area (Å²) in [5.41, 5.74) is 1.58. The number of rotatable bonds is 2. The molecule has 3 rings (SSSR count). The van der Waals surface area contributed by atoms with Crippen LogP contribution in [0.2, 0.25) is 0 Å². The predicted molar refractivity (Wildman–Crippen MR) is 85.6 cm³/mol. The maximum Gasteiger partial charge on any atom is 0.313 e. The molecule has 0 unspecified atom stereocenters. The molecular weight excluding hydrogens is 300 g/mol. The summed E-state index contributed by atoms with van der Waals surface area (Å²) in [6, 6.07) is 11.4. The highest BCUT2D eigenvalue weighted by atomic mass is 32.1. The Morgan fingerprint density at radius 2 is 2.14 bits per heavy atom. The molecule has 0 bridgehead atoms. The Morgan fingerprint density at radius 1 is 1.27 bits per heavy atom. The predicted octanol–water partition coefficient (Wildman–Crippen LogP) is 1.95. The number of nitrogens with zero attached hydrogens (tertiary/aromatic N) is 1. The zero-order valence-electron chi connectivity index (χ0n) is 11.9. The minimum Gasteiger partial charge on any atom is -0.391 e. The van der Waals surface area contributed by atoms with E-state index in [0.29, 0.717) is 18.7 Å². The molecule has 5 nitrogen and oxygen atoms in total. The van der Waals surface area contributed by atoms with Gasteiger partial charge in [-0.05, 0) is 35.6 Å². The summed E-state index contributed by atoms with van der Waals surface area (Å²) in [7, 11) is 0. The first kappa shape index (κ1) is 14.7. The van der Waals surface area contributed by atoms with Crippen LogP contribution in [0.15, 0.2) is 41.8 Å². The third-order valence-corrected chi connectivity index (χ3v) is 4.49. The van der Waals surface area contributed by atoms with Crippen molar-refractivity contribution >= 4 is 28.8 Å². The van der Waals surface area contributed by atoms with Crippen molar-refractivity contribution in [2.75, 3.05) is 18.4 Å². The third kappa shape index (κ3) is 3.18. The van der Waals surface area contributed by atoms with Crippen molar-refractivity contribution in [3.05, 3.63) is 41.8 Å². The maximum atomic E-state index is 12.0. The van der Waals surface area contributed by atoms with Crippen molar-refractivity contribution in [1.29, 1.82) is 0 Å². The molecule has 22 heavy (non-hydrogen) atoms. The number of thiophene rings is 1. The largest absolute Gasteiger partial charge is 0.391 e. The topological polar surface area (TPSA) is 69.6 Å². The number of aliphatic hydroxyl groups is 1. The quantitative estimate of drug-likeness (QED) is 0.832. The zero-order chi connectivity index (χ0) is 15.5. The molecule has 114 valence electrons. The van der Waals surface area contributed by atoms with Crippen molar-refractivity contribution in [3.63, 3.8) is 0 Å². The first-order valence-electron chi connectivity index (χ1n) is 7.06. The number of benzene rings is 1. The van der Waals surface area contributed by atoms with E-state index in [1.165, 1.54) is 4.90 Å². The van der Waals surface area contributed by atoms with Gasteiger partial charge in [0.1, 0.15) is 0 Å². The molecule has 0 saturated carbocycles. The Balaban J connectivity index is 1.69. The smallest absolute Gasteiger partial charge is 0.313 e. The van der Waals surface area contributed by atoms with Crippen LogP contribution >= 0.6 is 11.3 Å². The van der Waals surface area contributed by atoms with Crippen molar-refractivity contribution < 1.29 is 14.7 Å². The standard InChI is InChI=1S/C16H16N2O3S/c19-13-6-7-18(10-13)16(21)15(20)17-12-4-1-3-11(9-12)14-5-2-8-22-14/h1-5,8-9,13,19H,6-7,10H2,(H,17,20)/t13-/m1/s1. The van der Waals surface area contributed by atoms with Crippen molar-refractivity contribution in [2.24, 2.45) is 0 Å². The van der Waals surface area contributed by atoms with Crippen LogP contribution in [-0.2, 0) is 9.59 Å². The SMILES string of the molecule is O=C(Nc1cccc(-c2cccs2)c1)C(=O)N1CC[C@@H](O)C1. The van der Waals surface area contributed by atoms with E-state index in [0.717, 1.165) is 10.4 Å². The van der Waals surface area contributed by atoms with Gasteiger partial charge in [0.25, 0.3) is 0 Å². The minimum atomic E-state index is -0.669. The van der Waals surface area contributed by atoms with Gasteiger partial charge in [0, 0.05) is 23.7 Å². The van der Waals surface area contributed by atoms with Crippen LogP contribution in [0.4, 0.5) is 5.69 Å². The second-order valence-electron chi connectivity index (χ2n) is 5.21. The van der Waals surface area contributed by atoms with E-state index in [9.17, 15) is 14.7 Å². The van der Waals surface area contributed by atoms with Gasteiger partial charge in [-0.3, -0.25) is 9.59 Å². The molecule has 1 aromatic carbocycles. The van der Waals surface area contributed by atoms with E-state index in [1.807, 2.05) is 35.7 Å². The number of hydrogen-bond donors (Lipinski definition) is 2. The van der Waals surface area contributed by atoms with Crippen LogP contribution in [0.3, 0.4) is 0 Å². The molecule has 1 saturated heterocycles.